The average Bonchev–Trinajstić information content (AvgIpc) is 2.40. The van der Waals surface area contributed by atoms with Gasteiger partial charge in [-0.2, -0.15) is 0 Å². The molecule has 1 aromatic rings. The van der Waals surface area contributed by atoms with Gasteiger partial charge in [-0.25, -0.2) is 0 Å². The molecular weight excluding hydrogens is 236 g/mol. The Kier molecular flexibility index (Phi) is 4.70. The van der Waals surface area contributed by atoms with E-state index in [1.54, 1.807) is 0 Å². The van der Waals surface area contributed by atoms with Crippen LogP contribution in [0.3, 0.4) is 0 Å². The summed E-state index contributed by atoms with van der Waals surface area (Å²) in [6.45, 7) is 6.11. The Hall–Kier alpha value is -1.22. The zero-order valence-electron chi connectivity index (χ0n) is 12.4. The van der Waals surface area contributed by atoms with E-state index in [1.807, 2.05) is 19.1 Å². The van der Waals surface area contributed by atoms with Gasteiger partial charge in [0, 0.05) is 17.3 Å². The Bertz CT molecular complexity index is 431. The van der Waals surface area contributed by atoms with Crippen molar-refractivity contribution in [3.05, 3.63) is 23.3 Å². The zero-order valence-corrected chi connectivity index (χ0v) is 12.4. The first-order valence-corrected chi connectivity index (χ1v) is 7.28. The molecule has 0 aliphatic carbocycles. The summed E-state index contributed by atoms with van der Waals surface area (Å²) in [5.41, 5.74) is 8.99. The van der Waals surface area contributed by atoms with E-state index in [1.165, 1.54) is 31.4 Å². The molecule has 0 aromatic heterocycles. The van der Waals surface area contributed by atoms with Gasteiger partial charge in [0.05, 0.1) is 6.61 Å². The molecule has 2 N–H and O–H groups in total. The van der Waals surface area contributed by atoms with E-state index in [9.17, 15) is 0 Å². The molecule has 1 fully saturated rings. The smallest absolute Gasteiger partial charge is 0.127 e. The maximum atomic E-state index is 5.99. The van der Waals surface area contributed by atoms with Gasteiger partial charge in [0.15, 0.2) is 0 Å². The Labute approximate surface area is 116 Å². The molecule has 1 aliphatic heterocycles. The molecule has 19 heavy (non-hydrogen) atoms. The van der Waals surface area contributed by atoms with Crippen LogP contribution in [0.4, 0.5) is 5.69 Å². The Morgan fingerprint density at radius 3 is 2.84 bits per heavy atom. The van der Waals surface area contributed by atoms with Gasteiger partial charge in [-0.05, 0) is 58.3 Å². The molecule has 0 saturated carbocycles. The third-order valence-corrected chi connectivity index (χ3v) is 4.26. The van der Waals surface area contributed by atoms with Crippen molar-refractivity contribution in [2.45, 2.75) is 45.6 Å². The van der Waals surface area contributed by atoms with Crippen LogP contribution in [0.15, 0.2) is 12.1 Å². The Morgan fingerprint density at radius 1 is 1.32 bits per heavy atom. The van der Waals surface area contributed by atoms with Crippen molar-refractivity contribution in [2.75, 3.05) is 25.9 Å². The van der Waals surface area contributed by atoms with Crippen LogP contribution in [0.1, 0.15) is 36.8 Å². The lowest BCUT2D eigenvalue weighted by molar-refractivity contribution is 0.152. The number of hydrogen-bond donors (Lipinski definition) is 1. The number of nitrogens with two attached hydrogens (primary N) is 1. The number of benzene rings is 1. The largest absolute Gasteiger partial charge is 0.493 e. The fourth-order valence-electron chi connectivity index (χ4n) is 2.87. The number of rotatable bonds is 4. The van der Waals surface area contributed by atoms with E-state index in [2.05, 4.69) is 18.9 Å². The van der Waals surface area contributed by atoms with E-state index < -0.39 is 0 Å². The van der Waals surface area contributed by atoms with Crippen molar-refractivity contribution < 1.29 is 4.74 Å². The summed E-state index contributed by atoms with van der Waals surface area (Å²) in [4.78, 5) is 2.46. The maximum absolute atomic E-state index is 5.99. The summed E-state index contributed by atoms with van der Waals surface area (Å²) in [6.07, 6.45) is 5.09. The van der Waals surface area contributed by atoms with Gasteiger partial charge in [-0.1, -0.05) is 12.5 Å². The Morgan fingerprint density at radius 2 is 2.11 bits per heavy atom. The van der Waals surface area contributed by atoms with Crippen LogP contribution in [0.2, 0.25) is 0 Å². The minimum Gasteiger partial charge on any atom is -0.493 e. The first-order valence-electron chi connectivity index (χ1n) is 7.28. The molecule has 1 aliphatic rings. The van der Waals surface area contributed by atoms with Crippen LogP contribution in [-0.4, -0.2) is 31.1 Å². The first-order chi connectivity index (χ1) is 9.09. The second-order valence-electron chi connectivity index (χ2n) is 5.69. The molecule has 0 bridgehead atoms. The number of hydrogen-bond acceptors (Lipinski definition) is 3. The summed E-state index contributed by atoms with van der Waals surface area (Å²) < 4.78 is 5.99. The maximum Gasteiger partial charge on any atom is 0.127 e. The lowest BCUT2D eigenvalue weighted by Crippen LogP contribution is -2.37. The number of piperidine rings is 1. The molecule has 1 atom stereocenters. The van der Waals surface area contributed by atoms with Crippen LogP contribution in [0.5, 0.6) is 5.75 Å². The molecule has 0 radical (unpaired) electrons. The minimum atomic E-state index is 0.676. The second-order valence-corrected chi connectivity index (χ2v) is 5.69. The topological polar surface area (TPSA) is 38.5 Å². The number of aryl methyl sites for hydroxylation is 1. The molecule has 1 unspecified atom stereocenters. The van der Waals surface area contributed by atoms with Crippen molar-refractivity contribution in [1.29, 1.82) is 0 Å². The van der Waals surface area contributed by atoms with Crippen molar-refractivity contribution in [2.24, 2.45) is 0 Å². The van der Waals surface area contributed by atoms with Crippen LogP contribution < -0.4 is 10.5 Å². The van der Waals surface area contributed by atoms with Gasteiger partial charge in [0.1, 0.15) is 5.75 Å². The average molecular weight is 262 g/mol. The highest BCUT2D eigenvalue weighted by atomic mass is 16.5. The number of ether oxygens (including phenoxy) is 1. The summed E-state index contributed by atoms with van der Waals surface area (Å²) in [5, 5.41) is 0. The van der Waals surface area contributed by atoms with Gasteiger partial charge in [0.25, 0.3) is 0 Å². The highest BCUT2D eigenvalue weighted by Crippen LogP contribution is 2.28. The number of nitrogens with zero attached hydrogens (tertiary/aromatic N) is 1. The van der Waals surface area contributed by atoms with E-state index in [4.69, 9.17) is 10.5 Å². The van der Waals surface area contributed by atoms with Gasteiger partial charge in [-0.15, -0.1) is 0 Å². The number of likely N-dealkylation sites (tertiary alicyclic amines) is 1. The standard InChI is InChI=1S/C16H26N2O/c1-12-7-8-15(17)13(2)16(12)19-11-9-14-6-4-5-10-18(14)3/h7-8,14H,4-6,9-11,17H2,1-3H3. The van der Waals surface area contributed by atoms with E-state index in [0.29, 0.717) is 6.04 Å². The highest BCUT2D eigenvalue weighted by Gasteiger charge is 2.18. The fourth-order valence-corrected chi connectivity index (χ4v) is 2.87. The van der Waals surface area contributed by atoms with Crippen molar-refractivity contribution in [1.82, 2.24) is 4.90 Å². The normalized spacial score (nSPS) is 20.5. The van der Waals surface area contributed by atoms with Crippen LogP contribution in [0, 0.1) is 13.8 Å². The number of anilines is 1. The van der Waals surface area contributed by atoms with Gasteiger partial charge >= 0.3 is 0 Å². The van der Waals surface area contributed by atoms with Gasteiger partial charge in [0.2, 0.25) is 0 Å². The molecular formula is C16H26N2O. The lowest BCUT2D eigenvalue weighted by atomic mass is 10.0. The molecule has 1 heterocycles. The van der Waals surface area contributed by atoms with E-state index in [-0.39, 0.29) is 0 Å². The molecule has 1 aromatic carbocycles. The fraction of sp³-hybridized carbons (Fsp3) is 0.625. The molecule has 0 amide bonds. The zero-order chi connectivity index (χ0) is 13.8. The van der Waals surface area contributed by atoms with Crippen molar-refractivity contribution >= 4 is 5.69 Å². The SMILES string of the molecule is Cc1ccc(N)c(C)c1OCCC1CCCCN1C. The quantitative estimate of drug-likeness (QED) is 0.847. The lowest BCUT2D eigenvalue weighted by Gasteiger charge is -2.32. The summed E-state index contributed by atoms with van der Waals surface area (Å²) in [6, 6.07) is 4.66. The van der Waals surface area contributed by atoms with Crippen molar-refractivity contribution in [3.63, 3.8) is 0 Å². The van der Waals surface area contributed by atoms with Crippen LogP contribution >= 0.6 is 0 Å². The summed E-state index contributed by atoms with van der Waals surface area (Å²) in [5.74, 6) is 0.971. The Balaban J connectivity index is 1.90. The third-order valence-electron chi connectivity index (χ3n) is 4.26. The molecule has 3 heteroatoms. The molecule has 106 valence electrons. The first kappa shape index (κ1) is 14.2. The molecule has 3 nitrogen and oxygen atoms in total. The number of nitrogen functional groups attached to an aromatic ring is 1. The monoisotopic (exact) mass is 262 g/mol. The predicted molar refractivity (Wildman–Crippen MR) is 80.7 cm³/mol. The third kappa shape index (κ3) is 3.41. The highest BCUT2D eigenvalue weighted by molar-refractivity contribution is 5.56. The molecule has 2 rings (SSSR count). The summed E-state index contributed by atoms with van der Waals surface area (Å²) in [7, 11) is 2.22. The molecule has 1 saturated heterocycles. The van der Waals surface area contributed by atoms with E-state index in [0.717, 1.165) is 30.0 Å². The van der Waals surface area contributed by atoms with Gasteiger partial charge < -0.3 is 15.4 Å². The predicted octanol–water partition coefficient (Wildman–Crippen LogP) is 3.14. The van der Waals surface area contributed by atoms with Crippen LogP contribution in [0.25, 0.3) is 0 Å². The van der Waals surface area contributed by atoms with Crippen LogP contribution in [-0.2, 0) is 0 Å². The van der Waals surface area contributed by atoms with Crippen molar-refractivity contribution in [3.8, 4) is 5.75 Å². The second kappa shape index (κ2) is 6.29. The van der Waals surface area contributed by atoms with E-state index >= 15 is 0 Å². The summed E-state index contributed by atoms with van der Waals surface area (Å²) >= 11 is 0. The van der Waals surface area contributed by atoms with Gasteiger partial charge in [-0.3, -0.25) is 0 Å². The minimum absolute atomic E-state index is 0.676. The molecule has 0 spiro atoms.